The van der Waals surface area contributed by atoms with Crippen LogP contribution in [0.3, 0.4) is 0 Å². The first-order chi connectivity index (χ1) is 31.3. The minimum absolute atomic E-state index is 0. The minimum Gasteiger partial charge on any atom is -0.305 e. The van der Waals surface area contributed by atoms with Gasteiger partial charge in [0.25, 0.3) is 0 Å². The molecule has 0 saturated carbocycles. The van der Waals surface area contributed by atoms with E-state index in [4.69, 9.17) is 0 Å². The van der Waals surface area contributed by atoms with Crippen molar-refractivity contribution in [2.24, 2.45) is 0 Å². The molecule has 10 aromatic rings. The molecular formula is C58H44F2Ir4N4-4. The van der Waals surface area contributed by atoms with Crippen molar-refractivity contribution in [1.82, 2.24) is 19.9 Å². The largest absolute Gasteiger partial charge is 0.305 e. The Morgan fingerprint density at radius 1 is 0.426 bits per heavy atom. The van der Waals surface area contributed by atoms with Crippen LogP contribution in [0.25, 0.3) is 66.9 Å². The fourth-order valence-corrected chi connectivity index (χ4v) is 6.59. The van der Waals surface area contributed by atoms with E-state index in [1.165, 1.54) is 51.7 Å². The van der Waals surface area contributed by atoms with E-state index in [-0.39, 0.29) is 92.1 Å². The topological polar surface area (TPSA) is 51.6 Å². The van der Waals surface area contributed by atoms with Gasteiger partial charge in [0.15, 0.2) is 0 Å². The summed E-state index contributed by atoms with van der Waals surface area (Å²) in [5.41, 5.74) is 12.1. The molecule has 0 aliphatic rings. The minimum atomic E-state index is -0.276. The molecule has 0 unspecified atom stereocenters. The van der Waals surface area contributed by atoms with Gasteiger partial charge in [-0.1, -0.05) is 104 Å². The van der Waals surface area contributed by atoms with E-state index in [0.717, 1.165) is 50.6 Å². The number of aryl methyl sites for hydroxylation is 1. The van der Waals surface area contributed by atoms with Crippen LogP contribution < -0.4 is 0 Å². The number of benzene rings is 6. The van der Waals surface area contributed by atoms with Crippen molar-refractivity contribution >= 4 is 10.8 Å². The Labute approximate surface area is 452 Å². The second-order valence-electron chi connectivity index (χ2n) is 14.9. The number of hydrogen-bond acceptors (Lipinski definition) is 4. The van der Waals surface area contributed by atoms with Gasteiger partial charge < -0.3 is 19.9 Å². The molecule has 0 N–H and O–H groups in total. The van der Waals surface area contributed by atoms with Gasteiger partial charge in [0.1, 0.15) is 0 Å². The summed E-state index contributed by atoms with van der Waals surface area (Å²) in [6, 6.07) is 69.6. The SMILES string of the molecule is CC(C)c1ccnc(-c2[c-]cc(F)cc2)c1.Cc1ccnc(-c2[c-]cc(F)cc2)c1.[Ir].[Ir].[Ir].[Ir].[c-]1ccc(-c2ccccc2)cc1-c1ccccn1.[c-]1ccccc1-c1nccc2ccccc12. The van der Waals surface area contributed by atoms with Crippen molar-refractivity contribution in [2.45, 2.75) is 26.7 Å². The third-order valence-corrected chi connectivity index (χ3v) is 9.95. The first kappa shape index (κ1) is 57.0. The number of halogens is 2. The van der Waals surface area contributed by atoms with Crippen molar-refractivity contribution in [3.05, 3.63) is 254 Å². The summed E-state index contributed by atoms with van der Waals surface area (Å²) in [6.45, 7) is 6.26. The molecule has 0 bridgehead atoms. The maximum absolute atomic E-state index is 12.8. The number of nitrogens with zero attached hydrogens (tertiary/aromatic N) is 4. The molecule has 0 fully saturated rings. The van der Waals surface area contributed by atoms with E-state index in [2.05, 4.69) is 94.4 Å². The molecule has 0 amide bonds. The summed E-state index contributed by atoms with van der Waals surface area (Å²) in [5, 5.41) is 2.39. The Kier molecular flexibility index (Phi) is 24.7. The number of fused-ring (bicyclic) bond motifs is 1. The van der Waals surface area contributed by atoms with Crippen molar-refractivity contribution in [3.63, 3.8) is 0 Å². The molecule has 10 rings (SSSR count). The Bertz CT molecular complexity index is 2940. The average molecular weight is 1600 g/mol. The van der Waals surface area contributed by atoms with E-state index >= 15 is 0 Å². The Balaban J connectivity index is 0.000000236. The summed E-state index contributed by atoms with van der Waals surface area (Å²) in [7, 11) is 0. The summed E-state index contributed by atoms with van der Waals surface area (Å²) in [5.74, 6) is -0.0904. The maximum Gasteiger partial charge on any atom is 0.0379 e. The van der Waals surface area contributed by atoms with Crippen LogP contribution in [0.5, 0.6) is 0 Å². The second-order valence-corrected chi connectivity index (χ2v) is 14.9. The van der Waals surface area contributed by atoms with Crippen molar-refractivity contribution < 1.29 is 89.2 Å². The third kappa shape index (κ3) is 16.7. The van der Waals surface area contributed by atoms with Gasteiger partial charge in [-0.25, -0.2) is 0 Å². The summed E-state index contributed by atoms with van der Waals surface area (Å²) in [4.78, 5) is 17.3. The number of hydrogen-bond donors (Lipinski definition) is 0. The van der Waals surface area contributed by atoms with Crippen LogP contribution in [0.2, 0.25) is 0 Å². The Morgan fingerprint density at radius 3 is 1.65 bits per heavy atom. The Hall–Kier alpha value is -5.36. The van der Waals surface area contributed by atoms with Gasteiger partial charge in [0.05, 0.1) is 0 Å². The summed E-state index contributed by atoms with van der Waals surface area (Å²) in [6.07, 6.45) is 7.17. The molecule has 4 heterocycles. The molecule has 0 aliphatic carbocycles. The standard InChI is InChI=1S/C17H12N.C15H10N.C14H13FN.C12H9FN.4Ir/c1-2-7-14(8-3-1)15-9-6-10-16(13-15)17-11-4-5-12-18-17;1-2-7-13(8-3-1)15-14-9-5-4-6-12(14)10-11-16-15;1-10(2)12-7-8-16-14(9-12)11-3-5-13(15)6-4-11;1-9-6-7-14-12(8-9)10-2-4-11(13)5-3-10;;;;/h1-9,11-13H;1-7,9-11H;3,5-10H,1-2H3;2,4-8H,1H3;;;;/q4*-1;;;;. The van der Waals surface area contributed by atoms with Crippen LogP contribution in [0.4, 0.5) is 8.78 Å². The monoisotopic (exact) mass is 1610 g/mol. The van der Waals surface area contributed by atoms with Crippen LogP contribution in [-0.4, -0.2) is 19.9 Å². The predicted molar refractivity (Wildman–Crippen MR) is 256 cm³/mol. The van der Waals surface area contributed by atoms with Crippen LogP contribution in [-0.2, 0) is 80.4 Å². The molecule has 4 nitrogen and oxygen atoms in total. The first-order valence-electron chi connectivity index (χ1n) is 20.8. The molecular weight excluding hydrogens is 1560 g/mol. The van der Waals surface area contributed by atoms with Crippen molar-refractivity contribution in [1.29, 1.82) is 0 Å². The summed E-state index contributed by atoms with van der Waals surface area (Å²) >= 11 is 0. The smallest absolute Gasteiger partial charge is 0.0379 e. The van der Waals surface area contributed by atoms with Gasteiger partial charge >= 0.3 is 0 Å². The molecule has 350 valence electrons. The zero-order valence-corrected chi connectivity index (χ0v) is 46.7. The molecule has 0 aliphatic heterocycles. The van der Waals surface area contributed by atoms with Crippen molar-refractivity contribution in [2.75, 3.05) is 0 Å². The van der Waals surface area contributed by atoms with Crippen LogP contribution >= 0.6 is 0 Å². The van der Waals surface area contributed by atoms with Crippen LogP contribution in [0.1, 0.15) is 30.9 Å². The van der Waals surface area contributed by atoms with Gasteiger partial charge in [0.2, 0.25) is 0 Å². The van der Waals surface area contributed by atoms with E-state index in [1.807, 2.05) is 122 Å². The number of pyridine rings is 4. The molecule has 6 aromatic carbocycles. The zero-order valence-electron chi connectivity index (χ0n) is 37.1. The molecule has 68 heavy (non-hydrogen) atoms. The molecule has 0 saturated heterocycles. The third-order valence-electron chi connectivity index (χ3n) is 9.95. The first-order valence-corrected chi connectivity index (χ1v) is 20.8. The number of rotatable bonds is 6. The molecule has 10 heteroatoms. The fraction of sp³-hybridized carbons (Fsp3) is 0.0690. The maximum atomic E-state index is 12.8. The van der Waals surface area contributed by atoms with Crippen LogP contribution in [0.15, 0.2) is 207 Å². The number of aromatic nitrogens is 4. The predicted octanol–water partition coefficient (Wildman–Crippen LogP) is 14.7. The van der Waals surface area contributed by atoms with E-state index in [1.54, 1.807) is 30.7 Å². The van der Waals surface area contributed by atoms with Gasteiger partial charge in [-0.15, -0.1) is 131 Å². The van der Waals surface area contributed by atoms with Gasteiger partial charge in [-0.2, -0.15) is 0 Å². The van der Waals surface area contributed by atoms with Crippen molar-refractivity contribution in [3.8, 4) is 56.2 Å². The van der Waals surface area contributed by atoms with E-state index < -0.39 is 0 Å². The van der Waals surface area contributed by atoms with E-state index in [0.29, 0.717) is 5.92 Å². The van der Waals surface area contributed by atoms with Gasteiger partial charge in [0, 0.05) is 117 Å². The Morgan fingerprint density at radius 2 is 1.03 bits per heavy atom. The normalized spacial score (nSPS) is 9.79. The molecule has 0 atom stereocenters. The van der Waals surface area contributed by atoms with Gasteiger partial charge in [-0.05, 0) is 76.2 Å². The zero-order chi connectivity index (χ0) is 44.5. The molecule has 4 aromatic heterocycles. The molecule has 0 spiro atoms. The second kappa shape index (κ2) is 29.5. The average Bonchev–Trinajstić information content (AvgIpc) is 3.36. The van der Waals surface area contributed by atoms with E-state index in [9.17, 15) is 8.78 Å². The van der Waals surface area contributed by atoms with Gasteiger partial charge in [-0.3, -0.25) is 8.78 Å². The fourth-order valence-electron chi connectivity index (χ4n) is 6.59. The molecule has 4 radical (unpaired) electrons. The quantitative estimate of drug-likeness (QED) is 0.156. The van der Waals surface area contributed by atoms with Crippen LogP contribution in [0, 0.1) is 42.8 Å². The summed E-state index contributed by atoms with van der Waals surface area (Å²) < 4.78 is 25.4.